The molecule has 0 saturated carbocycles. The van der Waals surface area contributed by atoms with E-state index in [9.17, 15) is 10.1 Å². The fourth-order valence-corrected chi connectivity index (χ4v) is 3.57. The van der Waals surface area contributed by atoms with Crippen LogP contribution in [0.25, 0.3) is 6.08 Å². The zero-order valence-corrected chi connectivity index (χ0v) is 18.7. The third-order valence-corrected chi connectivity index (χ3v) is 5.04. The standard InChI is InChI=1S/C27H26N2O3/c1-18-11-19(2)13-20(12-18)14-22-16-26(32-4)8-5-21(22)15-23(17-28)27(30)29-24-6-9-25(31-3)10-7-24/h5-13,15-16H,14H2,1-4H3,(H,29,30)/b23-15+. The van der Waals surface area contributed by atoms with Crippen LogP contribution in [0.2, 0.25) is 0 Å². The third-order valence-electron chi connectivity index (χ3n) is 5.04. The van der Waals surface area contributed by atoms with Gasteiger partial charge in [0.15, 0.2) is 0 Å². The lowest BCUT2D eigenvalue weighted by molar-refractivity contribution is -0.112. The quantitative estimate of drug-likeness (QED) is 0.402. The Labute approximate surface area is 188 Å². The monoisotopic (exact) mass is 426 g/mol. The van der Waals surface area contributed by atoms with Crippen molar-refractivity contribution in [3.8, 4) is 17.6 Å². The molecular weight excluding hydrogens is 400 g/mol. The molecule has 0 fully saturated rings. The van der Waals surface area contributed by atoms with Gasteiger partial charge < -0.3 is 14.8 Å². The summed E-state index contributed by atoms with van der Waals surface area (Å²) in [6.45, 7) is 4.14. The number of hydrogen-bond donors (Lipinski definition) is 1. The Morgan fingerprint density at radius 1 is 0.938 bits per heavy atom. The van der Waals surface area contributed by atoms with E-state index in [4.69, 9.17) is 9.47 Å². The highest BCUT2D eigenvalue weighted by molar-refractivity contribution is 6.09. The van der Waals surface area contributed by atoms with Gasteiger partial charge in [-0.3, -0.25) is 4.79 Å². The van der Waals surface area contributed by atoms with Crippen molar-refractivity contribution in [2.24, 2.45) is 0 Å². The van der Waals surface area contributed by atoms with E-state index in [-0.39, 0.29) is 5.57 Å². The van der Waals surface area contributed by atoms with E-state index in [1.807, 2.05) is 24.3 Å². The highest BCUT2D eigenvalue weighted by Gasteiger charge is 2.12. The lowest BCUT2D eigenvalue weighted by Crippen LogP contribution is -2.13. The molecule has 0 heterocycles. The van der Waals surface area contributed by atoms with Crippen LogP contribution in [-0.4, -0.2) is 20.1 Å². The predicted octanol–water partition coefficient (Wildman–Crippen LogP) is 5.46. The SMILES string of the molecule is COc1ccc(NC(=O)/C(C#N)=C/c2ccc(OC)cc2Cc2cc(C)cc(C)c2)cc1. The Morgan fingerprint density at radius 2 is 1.56 bits per heavy atom. The van der Waals surface area contributed by atoms with Crippen LogP contribution in [0.4, 0.5) is 5.69 Å². The lowest BCUT2D eigenvalue weighted by atomic mass is 9.96. The minimum atomic E-state index is -0.467. The number of ether oxygens (including phenoxy) is 2. The van der Waals surface area contributed by atoms with E-state index in [1.165, 1.54) is 11.1 Å². The number of rotatable bonds is 7. The lowest BCUT2D eigenvalue weighted by Gasteiger charge is -2.11. The van der Waals surface area contributed by atoms with Crippen molar-refractivity contribution < 1.29 is 14.3 Å². The average molecular weight is 427 g/mol. The molecule has 0 aliphatic carbocycles. The first-order valence-electron chi connectivity index (χ1n) is 10.2. The molecule has 0 spiro atoms. The van der Waals surface area contributed by atoms with E-state index in [1.54, 1.807) is 44.6 Å². The van der Waals surface area contributed by atoms with Crippen LogP contribution in [0.5, 0.6) is 11.5 Å². The highest BCUT2D eigenvalue weighted by atomic mass is 16.5. The second kappa shape index (κ2) is 10.3. The summed E-state index contributed by atoms with van der Waals surface area (Å²) in [7, 11) is 3.20. The van der Waals surface area contributed by atoms with Crippen LogP contribution in [0, 0.1) is 25.2 Å². The molecule has 3 aromatic carbocycles. The predicted molar refractivity (Wildman–Crippen MR) is 127 cm³/mol. The van der Waals surface area contributed by atoms with Gasteiger partial charge in [0, 0.05) is 5.69 Å². The van der Waals surface area contributed by atoms with Crippen LogP contribution in [0.1, 0.15) is 27.8 Å². The zero-order chi connectivity index (χ0) is 23.1. The smallest absolute Gasteiger partial charge is 0.266 e. The van der Waals surface area contributed by atoms with Crippen molar-refractivity contribution in [1.29, 1.82) is 5.26 Å². The number of nitrogens with one attached hydrogen (secondary N) is 1. The molecule has 5 heteroatoms. The summed E-state index contributed by atoms with van der Waals surface area (Å²) in [5.41, 5.74) is 5.92. The van der Waals surface area contributed by atoms with Gasteiger partial charge in [-0.25, -0.2) is 0 Å². The van der Waals surface area contributed by atoms with Crippen LogP contribution in [0.3, 0.4) is 0 Å². The maximum Gasteiger partial charge on any atom is 0.266 e. The van der Waals surface area contributed by atoms with Crippen LogP contribution in [0.15, 0.2) is 66.2 Å². The minimum Gasteiger partial charge on any atom is -0.497 e. The van der Waals surface area contributed by atoms with E-state index in [2.05, 4.69) is 37.4 Å². The zero-order valence-electron chi connectivity index (χ0n) is 18.7. The first-order valence-corrected chi connectivity index (χ1v) is 10.2. The van der Waals surface area contributed by atoms with Crippen molar-refractivity contribution in [2.75, 3.05) is 19.5 Å². The Bertz CT molecular complexity index is 1170. The molecule has 1 N–H and O–H groups in total. The molecule has 0 atom stereocenters. The largest absolute Gasteiger partial charge is 0.497 e. The van der Waals surface area contributed by atoms with Crippen molar-refractivity contribution >= 4 is 17.7 Å². The number of carbonyl (C=O) groups excluding carboxylic acids is 1. The third kappa shape index (κ3) is 5.77. The fourth-order valence-electron chi connectivity index (χ4n) is 3.57. The molecule has 0 saturated heterocycles. The maximum absolute atomic E-state index is 12.7. The minimum absolute atomic E-state index is 0.0210. The van der Waals surface area contributed by atoms with Gasteiger partial charge in [-0.1, -0.05) is 35.4 Å². The summed E-state index contributed by atoms with van der Waals surface area (Å²) in [4.78, 5) is 12.7. The van der Waals surface area contributed by atoms with E-state index in [0.29, 0.717) is 17.9 Å². The van der Waals surface area contributed by atoms with Crippen molar-refractivity contribution in [3.63, 3.8) is 0 Å². The number of nitrogens with zero attached hydrogens (tertiary/aromatic N) is 1. The van der Waals surface area contributed by atoms with E-state index < -0.39 is 5.91 Å². The molecule has 5 nitrogen and oxygen atoms in total. The van der Waals surface area contributed by atoms with Gasteiger partial charge >= 0.3 is 0 Å². The van der Waals surface area contributed by atoms with Crippen LogP contribution >= 0.6 is 0 Å². The number of benzene rings is 3. The Morgan fingerprint density at radius 3 is 2.16 bits per heavy atom. The van der Waals surface area contributed by atoms with Gasteiger partial charge in [0.1, 0.15) is 23.1 Å². The molecule has 3 aromatic rings. The topological polar surface area (TPSA) is 71.3 Å². The van der Waals surface area contributed by atoms with Crippen molar-refractivity contribution in [2.45, 2.75) is 20.3 Å². The number of anilines is 1. The van der Waals surface area contributed by atoms with Crippen molar-refractivity contribution in [3.05, 3.63) is 94.1 Å². The maximum atomic E-state index is 12.7. The molecular formula is C27H26N2O3. The highest BCUT2D eigenvalue weighted by Crippen LogP contribution is 2.24. The Balaban J connectivity index is 1.91. The van der Waals surface area contributed by atoms with Gasteiger partial charge in [-0.15, -0.1) is 0 Å². The van der Waals surface area contributed by atoms with Crippen LogP contribution in [-0.2, 0) is 11.2 Å². The summed E-state index contributed by atoms with van der Waals surface area (Å²) < 4.78 is 10.5. The van der Waals surface area contributed by atoms with Crippen LogP contribution < -0.4 is 14.8 Å². The van der Waals surface area contributed by atoms with Gasteiger partial charge in [0.05, 0.1) is 14.2 Å². The molecule has 32 heavy (non-hydrogen) atoms. The van der Waals surface area contributed by atoms with Gasteiger partial charge in [0.2, 0.25) is 0 Å². The van der Waals surface area contributed by atoms with Gasteiger partial charge in [0.25, 0.3) is 5.91 Å². The molecule has 0 aliphatic rings. The summed E-state index contributed by atoms with van der Waals surface area (Å²) in [6, 6.07) is 21.0. The molecule has 1 amide bonds. The molecule has 3 rings (SSSR count). The molecule has 162 valence electrons. The molecule has 0 radical (unpaired) electrons. The number of carbonyl (C=O) groups is 1. The molecule has 0 aliphatic heterocycles. The second-order valence-electron chi connectivity index (χ2n) is 7.59. The number of hydrogen-bond acceptors (Lipinski definition) is 4. The number of amides is 1. The molecule has 0 aromatic heterocycles. The Kier molecular flexibility index (Phi) is 7.30. The number of nitriles is 1. The summed E-state index contributed by atoms with van der Waals surface area (Å²) in [6.07, 6.45) is 2.28. The van der Waals surface area contributed by atoms with Gasteiger partial charge in [-0.05, 0) is 79.4 Å². The number of methoxy groups -OCH3 is 2. The van der Waals surface area contributed by atoms with Gasteiger partial charge in [-0.2, -0.15) is 5.26 Å². The van der Waals surface area contributed by atoms with E-state index >= 15 is 0 Å². The Hall–Kier alpha value is -4.04. The molecule has 0 bridgehead atoms. The van der Waals surface area contributed by atoms with Crippen molar-refractivity contribution in [1.82, 2.24) is 0 Å². The first kappa shape index (κ1) is 22.6. The average Bonchev–Trinajstić information content (AvgIpc) is 2.77. The fraction of sp³-hybridized carbons (Fsp3) is 0.185. The molecule has 0 unspecified atom stereocenters. The summed E-state index contributed by atoms with van der Waals surface area (Å²) >= 11 is 0. The second-order valence-corrected chi connectivity index (χ2v) is 7.59. The summed E-state index contributed by atoms with van der Waals surface area (Å²) in [5, 5.41) is 12.4. The summed E-state index contributed by atoms with van der Waals surface area (Å²) in [5.74, 6) is 0.946. The van der Waals surface area contributed by atoms with E-state index in [0.717, 1.165) is 22.4 Å². The number of aryl methyl sites for hydroxylation is 2. The first-order chi connectivity index (χ1) is 15.4. The normalized spacial score (nSPS) is 10.9.